The molecule has 0 spiro atoms. The second-order valence-corrected chi connectivity index (χ2v) is 6.50. The first kappa shape index (κ1) is 13.0. The highest BCUT2D eigenvalue weighted by atomic mass is 35.9. The van der Waals surface area contributed by atoms with Crippen molar-refractivity contribution in [3.63, 3.8) is 0 Å². The molecular formula is C5H9Cl2O5P. The van der Waals surface area contributed by atoms with E-state index in [-0.39, 0.29) is 6.10 Å². The lowest BCUT2D eigenvalue weighted by molar-refractivity contribution is -0.00531. The topological polar surface area (TPSA) is 61.8 Å². The van der Waals surface area contributed by atoms with Gasteiger partial charge in [0.1, 0.15) is 0 Å². The summed E-state index contributed by atoms with van der Waals surface area (Å²) >= 11 is 9.98. The molecule has 0 aliphatic carbocycles. The number of hydrogen-bond acceptors (Lipinski definition) is 5. The Kier molecular flexibility index (Phi) is 5.72. The lowest BCUT2D eigenvalue weighted by atomic mass is 10.5. The molecule has 8 heteroatoms. The molecule has 0 aromatic carbocycles. The molecule has 0 amide bonds. The van der Waals surface area contributed by atoms with Gasteiger partial charge < -0.3 is 9.47 Å². The van der Waals surface area contributed by atoms with Crippen molar-refractivity contribution < 1.29 is 23.4 Å². The van der Waals surface area contributed by atoms with Crippen LogP contribution in [0.4, 0.5) is 4.79 Å². The molecule has 0 fully saturated rings. The van der Waals surface area contributed by atoms with E-state index in [1.807, 2.05) is 0 Å². The Bertz CT molecular complexity index is 213. The molecule has 0 unspecified atom stereocenters. The molecule has 0 aromatic heterocycles. The van der Waals surface area contributed by atoms with Crippen LogP contribution in [0.2, 0.25) is 0 Å². The van der Waals surface area contributed by atoms with Crippen LogP contribution in [0.25, 0.3) is 0 Å². The monoisotopic (exact) mass is 250 g/mol. The predicted octanol–water partition coefficient (Wildman–Crippen LogP) is 3.11. The molecule has 0 rings (SSSR count). The highest BCUT2D eigenvalue weighted by Gasteiger charge is 2.15. The second-order valence-electron chi connectivity index (χ2n) is 2.22. The van der Waals surface area contributed by atoms with Gasteiger partial charge in [-0.2, -0.15) is 0 Å². The fourth-order valence-electron chi connectivity index (χ4n) is 0.362. The Morgan fingerprint density at radius 2 is 2.00 bits per heavy atom. The Balaban J connectivity index is 3.55. The molecule has 0 N–H and O–H groups in total. The van der Waals surface area contributed by atoms with Crippen LogP contribution in [-0.4, -0.2) is 19.1 Å². The van der Waals surface area contributed by atoms with Gasteiger partial charge in [-0.25, -0.2) is 4.79 Å². The molecule has 0 aliphatic heterocycles. The van der Waals surface area contributed by atoms with Crippen LogP contribution in [0.15, 0.2) is 0 Å². The second kappa shape index (κ2) is 5.70. The molecule has 0 radical (unpaired) electrons. The zero-order valence-electron chi connectivity index (χ0n) is 7.03. The van der Waals surface area contributed by atoms with Crippen molar-refractivity contribution in [3.8, 4) is 0 Å². The van der Waals surface area contributed by atoms with Crippen molar-refractivity contribution in [2.45, 2.75) is 20.0 Å². The summed E-state index contributed by atoms with van der Waals surface area (Å²) in [6.45, 7) is 2.70. The van der Waals surface area contributed by atoms with Crippen LogP contribution in [0.3, 0.4) is 0 Å². The number of ether oxygens (including phenoxy) is 2. The average molecular weight is 251 g/mol. The van der Waals surface area contributed by atoms with Gasteiger partial charge in [-0.15, -0.1) is 0 Å². The molecule has 0 heterocycles. The van der Waals surface area contributed by atoms with Gasteiger partial charge in [0.05, 0.1) is 6.10 Å². The smallest absolute Gasteiger partial charge is 0.432 e. The lowest BCUT2D eigenvalue weighted by Crippen LogP contribution is -2.13. The standard InChI is InChI=1S/C5H9Cl2O5P/c1-4(2)12-5(8)10-3-11-13(6,7)9/h4H,3H2,1-2H3. The molecule has 13 heavy (non-hydrogen) atoms. The van der Waals surface area contributed by atoms with Gasteiger partial charge in [0.25, 0.3) is 0 Å². The fourth-order valence-corrected chi connectivity index (χ4v) is 0.777. The Hall–Kier alpha value is 0.0400. The minimum atomic E-state index is -3.64. The van der Waals surface area contributed by atoms with Crippen molar-refractivity contribution in [2.24, 2.45) is 0 Å². The Morgan fingerprint density at radius 1 is 1.46 bits per heavy atom. The third kappa shape index (κ3) is 9.96. The van der Waals surface area contributed by atoms with E-state index in [4.69, 9.17) is 22.5 Å². The van der Waals surface area contributed by atoms with Crippen LogP contribution in [-0.2, 0) is 18.6 Å². The molecule has 0 saturated carbocycles. The Morgan fingerprint density at radius 3 is 2.38 bits per heavy atom. The van der Waals surface area contributed by atoms with Gasteiger partial charge in [0.2, 0.25) is 6.79 Å². The quantitative estimate of drug-likeness (QED) is 0.436. The number of rotatable bonds is 4. The normalized spacial score (nSPS) is 11.5. The van der Waals surface area contributed by atoms with E-state index in [0.717, 1.165) is 0 Å². The summed E-state index contributed by atoms with van der Waals surface area (Å²) in [5, 5.41) is 0. The predicted molar refractivity (Wildman–Crippen MR) is 48.0 cm³/mol. The Labute approximate surface area is 85.3 Å². The van der Waals surface area contributed by atoms with E-state index < -0.39 is 19.0 Å². The van der Waals surface area contributed by atoms with E-state index in [2.05, 4.69) is 14.0 Å². The van der Waals surface area contributed by atoms with Crippen LogP contribution in [0.5, 0.6) is 0 Å². The summed E-state index contributed by atoms with van der Waals surface area (Å²) in [5.41, 5.74) is 0. The van der Waals surface area contributed by atoms with E-state index in [1.165, 1.54) is 0 Å². The third-order valence-electron chi connectivity index (χ3n) is 0.712. The van der Waals surface area contributed by atoms with Crippen LogP contribution >= 0.6 is 28.6 Å². The highest BCUT2D eigenvalue weighted by molar-refractivity contribution is 8.05. The SMILES string of the molecule is CC(C)OC(=O)OCOP(=O)(Cl)Cl. The maximum Gasteiger partial charge on any atom is 0.510 e. The zero-order valence-corrected chi connectivity index (χ0v) is 9.44. The summed E-state index contributed by atoms with van der Waals surface area (Å²) in [4.78, 5) is 10.6. The lowest BCUT2D eigenvalue weighted by Gasteiger charge is -2.08. The number of halogens is 2. The average Bonchev–Trinajstić information content (AvgIpc) is 1.81. The van der Waals surface area contributed by atoms with E-state index in [9.17, 15) is 9.36 Å². The van der Waals surface area contributed by atoms with Crippen LogP contribution < -0.4 is 0 Å². The van der Waals surface area contributed by atoms with Gasteiger partial charge >= 0.3 is 12.2 Å². The molecule has 0 aromatic rings. The number of hydrogen-bond donors (Lipinski definition) is 0. The first-order valence-electron chi connectivity index (χ1n) is 3.28. The van der Waals surface area contributed by atoms with E-state index in [0.29, 0.717) is 0 Å². The van der Waals surface area contributed by atoms with E-state index >= 15 is 0 Å². The number of carbonyl (C=O) groups is 1. The highest BCUT2D eigenvalue weighted by Crippen LogP contribution is 2.57. The zero-order chi connectivity index (χ0) is 10.5. The molecule has 0 bridgehead atoms. The molecule has 0 saturated heterocycles. The van der Waals surface area contributed by atoms with Crippen molar-refractivity contribution in [1.29, 1.82) is 0 Å². The summed E-state index contributed by atoms with van der Waals surface area (Å²) in [6, 6.07) is 0. The fraction of sp³-hybridized carbons (Fsp3) is 0.800. The summed E-state index contributed by atoms with van der Waals surface area (Å²) < 4.78 is 23.6. The molecule has 0 aliphatic rings. The maximum atomic E-state index is 10.6. The number of carbonyl (C=O) groups excluding carboxylic acids is 1. The van der Waals surface area contributed by atoms with Crippen LogP contribution in [0.1, 0.15) is 13.8 Å². The van der Waals surface area contributed by atoms with Gasteiger partial charge in [-0.1, -0.05) is 0 Å². The first-order valence-corrected chi connectivity index (χ1v) is 6.72. The van der Waals surface area contributed by atoms with Gasteiger partial charge in [-0.05, 0) is 36.3 Å². The molecule has 0 atom stereocenters. The maximum absolute atomic E-state index is 10.6. The van der Waals surface area contributed by atoms with Crippen LogP contribution in [0, 0.1) is 0 Å². The summed E-state index contributed by atoms with van der Waals surface area (Å²) in [7, 11) is 0. The van der Waals surface area contributed by atoms with Gasteiger partial charge in [0, 0.05) is 0 Å². The minimum Gasteiger partial charge on any atom is -0.432 e. The van der Waals surface area contributed by atoms with Gasteiger partial charge in [-0.3, -0.25) is 9.09 Å². The molecule has 5 nitrogen and oxygen atoms in total. The minimum absolute atomic E-state index is 0.300. The summed E-state index contributed by atoms with van der Waals surface area (Å²) in [5.74, 6) is 0. The van der Waals surface area contributed by atoms with Crippen molar-refractivity contribution in [2.75, 3.05) is 6.79 Å². The van der Waals surface area contributed by atoms with Crippen molar-refractivity contribution in [1.82, 2.24) is 0 Å². The van der Waals surface area contributed by atoms with Crippen molar-refractivity contribution in [3.05, 3.63) is 0 Å². The van der Waals surface area contributed by atoms with E-state index in [1.54, 1.807) is 13.8 Å². The summed E-state index contributed by atoms with van der Waals surface area (Å²) in [6.07, 6.45) is -4.88. The molecular weight excluding hydrogens is 242 g/mol. The van der Waals surface area contributed by atoms with Gasteiger partial charge in [0.15, 0.2) is 0 Å². The first-order chi connectivity index (χ1) is 5.81. The van der Waals surface area contributed by atoms with Crippen molar-refractivity contribution >= 4 is 34.7 Å². The third-order valence-corrected chi connectivity index (χ3v) is 1.70. The molecule has 78 valence electrons. The largest absolute Gasteiger partial charge is 0.510 e.